The lowest BCUT2D eigenvalue weighted by molar-refractivity contribution is 0.0936. The first kappa shape index (κ1) is 20.0. The fraction of sp³-hybridized carbons (Fsp3) is 0.409. The van der Waals surface area contributed by atoms with Gasteiger partial charge in [0.1, 0.15) is 12.7 Å². The van der Waals surface area contributed by atoms with Crippen molar-refractivity contribution >= 4 is 5.96 Å². The maximum absolute atomic E-state index is 6.01. The van der Waals surface area contributed by atoms with Gasteiger partial charge in [-0.1, -0.05) is 36.4 Å². The molecule has 0 aliphatic carbocycles. The van der Waals surface area contributed by atoms with Crippen molar-refractivity contribution in [3.8, 4) is 11.5 Å². The molecule has 1 aliphatic heterocycles. The molecule has 1 unspecified atom stereocenters. The molecule has 0 amide bonds. The van der Waals surface area contributed by atoms with Crippen LogP contribution < -0.4 is 20.1 Å². The largest absolute Gasteiger partial charge is 0.486 e. The Bertz CT molecular complexity index is 792. The van der Waals surface area contributed by atoms with Gasteiger partial charge in [0.05, 0.1) is 13.1 Å². The van der Waals surface area contributed by atoms with Crippen LogP contribution in [-0.4, -0.2) is 50.8 Å². The lowest BCUT2D eigenvalue weighted by Gasteiger charge is -2.27. The van der Waals surface area contributed by atoms with E-state index in [4.69, 9.17) is 14.5 Å². The van der Waals surface area contributed by atoms with Gasteiger partial charge in [-0.15, -0.1) is 0 Å². The highest BCUT2D eigenvalue weighted by Crippen LogP contribution is 2.30. The van der Waals surface area contributed by atoms with Gasteiger partial charge in [-0.3, -0.25) is 0 Å². The summed E-state index contributed by atoms with van der Waals surface area (Å²) < 4.78 is 11.8. The van der Waals surface area contributed by atoms with E-state index < -0.39 is 0 Å². The number of nitrogens with one attached hydrogen (secondary N) is 2. The zero-order chi connectivity index (χ0) is 19.8. The Morgan fingerprint density at radius 2 is 1.75 bits per heavy atom. The molecule has 6 nitrogen and oxygen atoms in total. The average molecular weight is 383 g/mol. The Morgan fingerprint density at radius 1 is 1.04 bits per heavy atom. The summed E-state index contributed by atoms with van der Waals surface area (Å²) in [5.41, 5.74) is 2.53. The van der Waals surface area contributed by atoms with Gasteiger partial charge in [0.15, 0.2) is 17.5 Å². The molecule has 2 aromatic carbocycles. The van der Waals surface area contributed by atoms with Crippen molar-refractivity contribution in [3.05, 3.63) is 59.7 Å². The van der Waals surface area contributed by atoms with E-state index in [1.165, 1.54) is 11.1 Å². The average Bonchev–Trinajstić information content (AvgIpc) is 2.70. The molecular weight excluding hydrogens is 352 g/mol. The van der Waals surface area contributed by atoms with E-state index in [1.54, 1.807) is 0 Å². The van der Waals surface area contributed by atoms with Crippen LogP contribution in [0.1, 0.15) is 18.1 Å². The molecule has 0 radical (unpaired) electrons. The Balaban J connectivity index is 1.59. The fourth-order valence-corrected chi connectivity index (χ4v) is 3.09. The molecule has 0 saturated carbocycles. The fourth-order valence-electron chi connectivity index (χ4n) is 3.09. The van der Waals surface area contributed by atoms with Crippen LogP contribution in [0.3, 0.4) is 0 Å². The van der Waals surface area contributed by atoms with Gasteiger partial charge >= 0.3 is 0 Å². The van der Waals surface area contributed by atoms with Crippen molar-refractivity contribution in [2.24, 2.45) is 4.99 Å². The van der Waals surface area contributed by atoms with Crippen LogP contribution in [0.25, 0.3) is 0 Å². The number of rotatable bonds is 7. The summed E-state index contributed by atoms with van der Waals surface area (Å²) in [6, 6.07) is 16.2. The van der Waals surface area contributed by atoms with E-state index in [1.807, 2.05) is 24.3 Å². The van der Waals surface area contributed by atoms with Crippen LogP contribution in [0.15, 0.2) is 53.5 Å². The third kappa shape index (κ3) is 5.63. The number of benzene rings is 2. The Labute approximate surface area is 167 Å². The maximum Gasteiger partial charge on any atom is 0.191 e. The summed E-state index contributed by atoms with van der Waals surface area (Å²) in [7, 11) is 4.16. The van der Waals surface area contributed by atoms with Crippen molar-refractivity contribution in [3.63, 3.8) is 0 Å². The quantitative estimate of drug-likeness (QED) is 0.570. The topological polar surface area (TPSA) is 58.1 Å². The van der Waals surface area contributed by atoms with E-state index in [-0.39, 0.29) is 6.10 Å². The van der Waals surface area contributed by atoms with Crippen molar-refractivity contribution in [1.82, 2.24) is 15.5 Å². The standard InChI is InChI=1S/C22H30N4O2/c1-4-23-22(24-13-17-9-5-6-10-18(17)15-26(2)3)25-14-19-16-27-20-11-7-8-12-21(20)28-19/h5-12,19H,4,13-16H2,1-3H3,(H2,23,24,25). The highest BCUT2D eigenvalue weighted by Gasteiger charge is 2.20. The number of para-hydroxylation sites is 2. The Kier molecular flexibility index (Phi) is 7.14. The van der Waals surface area contributed by atoms with Crippen LogP contribution in [0.2, 0.25) is 0 Å². The first-order chi connectivity index (χ1) is 13.7. The number of fused-ring (bicyclic) bond motifs is 1. The lowest BCUT2D eigenvalue weighted by Crippen LogP contribution is -2.45. The molecule has 0 fully saturated rings. The first-order valence-corrected chi connectivity index (χ1v) is 9.78. The molecule has 1 aliphatic rings. The van der Waals surface area contributed by atoms with Crippen molar-refractivity contribution in [2.45, 2.75) is 26.1 Å². The zero-order valence-corrected chi connectivity index (χ0v) is 16.9. The SMILES string of the molecule is CCNC(=NCc1ccccc1CN(C)C)NCC1COc2ccccc2O1. The molecule has 2 N–H and O–H groups in total. The van der Waals surface area contributed by atoms with Crippen LogP contribution in [0.4, 0.5) is 0 Å². The zero-order valence-electron chi connectivity index (χ0n) is 16.9. The Hall–Kier alpha value is -2.73. The molecule has 6 heteroatoms. The number of hydrogen-bond acceptors (Lipinski definition) is 4. The van der Waals surface area contributed by atoms with E-state index in [0.29, 0.717) is 19.7 Å². The van der Waals surface area contributed by atoms with Gasteiger partial charge in [-0.25, -0.2) is 4.99 Å². The van der Waals surface area contributed by atoms with Gasteiger partial charge < -0.3 is 25.0 Å². The van der Waals surface area contributed by atoms with Gasteiger partial charge in [0.2, 0.25) is 0 Å². The first-order valence-electron chi connectivity index (χ1n) is 9.78. The smallest absolute Gasteiger partial charge is 0.191 e. The monoisotopic (exact) mass is 382 g/mol. The van der Waals surface area contributed by atoms with E-state index in [2.05, 4.69) is 60.8 Å². The van der Waals surface area contributed by atoms with Crippen LogP contribution in [-0.2, 0) is 13.1 Å². The minimum atomic E-state index is -0.0558. The lowest BCUT2D eigenvalue weighted by atomic mass is 10.1. The summed E-state index contributed by atoms with van der Waals surface area (Å²) >= 11 is 0. The van der Waals surface area contributed by atoms with Crippen molar-refractivity contribution < 1.29 is 9.47 Å². The Morgan fingerprint density at radius 3 is 2.50 bits per heavy atom. The van der Waals surface area contributed by atoms with Crippen LogP contribution in [0, 0.1) is 0 Å². The second kappa shape index (κ2) is 9.99. The van der Waals surface area contributed by atoms with Gasteiger partial charge in [-0.05, 0) is 44.3 Å². The molecule has 2 aromatic rings. The molecular formula is C22H30N4O2. The predicted octanol–water partition coefficient (Wildman–Crippen LogP) is 2.64. The highest BCUT2D eigenvalue weighted by molar-refractivity contribution is 5.79. The summed E-state index contributed by atoms with van der Waals surface area (Å²) in [5.74, 6) is 2.38. The predicted molar refractivity (Wildman–Crippen MR) is 113 cm³/mol. The van der Waals surface area contributed by atoms with Gasteiger partial charge in [-0.2, -0.15) is 0 Å². The number of nitrogens with zero attached hydrogens (tertiary/aromatic N) is 2. The minimum absolute atomic E-state index is 0.0558. The normalized spacial score (nSPS) is 16.1. The molecule has 150 valence electrons. The second-order valence-electron chi connectivity index (χ2n) is 7.08. The van der Waals surface area contributed by atoms with Gasteiger partial charge in [0.25, 0.3) is 0 Å². The molecule has 0 saturated heterocycles. The van der Waals surface area contributed by atoms with E-state index in [0.717, 1.165) is 30.5 Å². The van der Waals surface area contributed by atoms with Crippen molar-refractivity contribution in [2.75, 3.05) is 33.8 Å². The number of guanidine groups is 1. The molecule has 0 aromatic heterocycles. The van der Waals surface area contributed by atoms with Crippen LogP contribution >= 0.6 is 0 Å². The highest BCUT2D eigenvalue weighted by atomic mass is 16.6. The number of ether oxygens (including phenoxy) is 2. The number of aliphatic imine (C=N–C) groups is 1. The molecule has 1 heterocycles. The minimum Gasteiger partial charge on any atom is -0.486 e. The van der Waals surface area contributed by atoms with Gasteiger partial charge in [0, 0.05) is 13.1 Å². The molecule has 3 rings (SSSR count). The summed E-state index contributed by atoms with van der Waals surface area (Å²) in [4.78, 5) is 6.93. The third-order valence-corrected chi connectivity index (χ3v) is 4.42. The summed E-state index contributed by atoms with van der Waals surface area (Å²) in [6.07, 6.45) is -0.0558. The summed E-state index contributed by atoms with van der Waals surface area (Å²) in [6.45, 7) is 5.55. The van der Waals surface area contributed by atoms with E-state index >= 15 is 0 Å². The molecule has 28 heavy (non-hydrogen) atoms. The molecule has 0 spiro atoms. The van der Waals surface area contributed by atoms with E-state index in [9.17, 15) is 0 Å². The second-order valence-corrected chi connectivity index (χ2v) is 7.08. The maximum atomic E-state index is 6.01. The number of hydrogen-bond donors (Lipinski definition) is 2. The van der Waals surface area contributed by atoms with Crippen LogP contribution in [0.5, 0.6) is 11.5 Å². The molecule has 0 bridgehead atoms. The summed E-state index contributed by atoms with van der Waals surface area (Å²) in [5, 5.41) is 6.68. The van der Waals surface area contributed by atoms with Crippen molar-refractivity contribution in [1.29, 1.82) is 0 Å². The third-order valence-electron chi connectivity index (χ3n) is 4.42. The molecule has 1 atom stereocenters.